The average Bonchev–Trinajstić information content (AvgIpc) is 3.08. The molecule has 1 aliphatic rings. The Morgan fingerprint density at radius 1 is 1.03 bits per heavy atom. The molecule has 1 atom stereocenters. The zero-order valence-electron chi connectivity index (χ0n) is 19.6. The number of carbonyl (C=O) groups is 3. The molecule has 0 radical (unpaired) electrons. The monoisotopic (exact) mass is 452 g/mol. The SMILES string of the molecule is CN(CCC(=O)O)C(=O)C(CC(C)(C)C)NC(=O)OCC1c2ccccc2-c2ccccc21. The van der Waals surface area contributed by atoms with Gasteiger partial charge in [-0.15, -0.1) is 0 Å². The first kappa shape index (κ1) is 24.3. The van der Waals surface area contributed by atoms with Crippen LogP contribution in [-0.2, 0) is 14.3 Å². The van der Waals surface area contributed by atoms with Crippen molar-refractivity contribution in [3.05, 3.63) is 59.7 Å². The molecule has 7 nitrogen and oxygen atoms in total. The van der Waals surface area contributed by atoms with Gasteiger partial charge in [0, 0.05) is 19.5 Å². The molecule has 0 fully saturated rings. The van der Waals surface area contributed by atoms with Gasteiger partial charge in [0.15, 0.2) is 0 Å². The predicted octanol–water partition coefficient (Wildman–Crippen LogP) is 4.26. The van der Waals surface area contributed by atoms with Gasteiger partial charge in [-0.05, 0) is 34.1 Å². The first-order chi connectivity index (χ1) is 15.6. The maximum Gasteiger partial charge on any atom is 0.407 e. The van der Waals surface area contributed by atoms with Gasteiger partial charge in [-0.1, -0.05) is 69.3 Å². The zero-order chi connectivity index (χ0) is 24.2. The zero-order valence-corrected chi connectivity index (χ0v) is 19.6. The number of nitrogens with one attached hydrogen (secondary N) is 1. The molecule has 2 amide bonds. The number of ether oxygens (including phenoxy) is 1. The van der Waals surface area contributed by atoms with Crippen LogP contribution in [0.4, 0.5) is 4.79 Å². The Morgan fingerprint density at radius 3 is 2.09 bits per heavy atom. The molecular formula is C26H32N2O5. The van der Waals surface area contributed by atoms with Gasteiger partial charge in [-0.2, -0.15) is 0 Å². The number of amides is 2. The molecule has 0 heterocycles. The van der Waals surface area contributed by atoms with Gasteiger partial charge < -0.3 is 20.1 Å². The molecule has 33 heavy (non-hydrogen) atoms. The van der Waals surface area contributed by atoms with Gasteiger partial charge in [0.2, 0.25) is 5.91 Å². The number of nitrogens with zero attached hydrogens (tertiary/aromatic N) is 1. The van der Waals surface area contributed by atoms with Crippen LogP contribution in [0.2, 0.25) is 0 Å². The van der Waals surface area contributed by atoms with Crippen molar-refractivity contribution in [1.82, 2.24) is 10.2 Å². The first-order valence-electron chi connectivity index (χ1n) is 11.1. The van der Waals surface area contributed by atoms with Crippen LogP contribution >= 0.6 is 0 Å². The van der Waals surface area contributed by atoms with Crippen LogP contribution in [-0.4, -0.2) is 54.2 Å². The van der Waals surface area contributed by atoms with E-state index in [9.17, 15) is 14.4 Å². The van der Waals surface area contributed by atoms with Gasteiger partial charge in [-0.3, -0.25) is 9.59 Å². The molecule has 0 aromatic heterocycles. The molecule has 0 bridgehead atoms. The summed E-state index contributed by atoms with van der Waals surface area (Å²) in [5.74, 6) is -1.38. The number of rotatable bonds is 8. The maximum atomic E-state index is 12.9. The van der Waals surface area contributed by atoms with Gasteiger partial charge in [0.1, 0.15) is 12.6 Å². The quantitative estimate of drug-likeness (QED) is 0.624. The number of hydrogen-bond donors (Lipinski definition) is 2. The van der Waals surface area contributed by atoms with Gasteiger partial charge in [0.25, 0.3) is 0 Å². The number of hydrogen-bond acceptors (Lipinski definition) is 4. The summed E-state index contributed by atoms with van der Waals surface area (Å²) in [6.07, 6.45) is -0.422. The van der Waals surface area contributed by atoms with Crippen molar-refractivity contribution in [2.24, 2.45) is 5.41 Å². The van der Waals surface area contributed by atoms with Crippen molar-refractivity contribution in [1.29, 1.82) is 0 Å². The normalized spacial score (nSPS) is 13.6. The fourth-order valence-electron chi connectivity index (χ4n) is 4.23. The number of alkyl carbamates (subject to hydrolysis) is 1. The Labute approximate surface area is 194 Å². The smallest absolute Gasteiger partial charge is 0.407 e. The summed E-state index contributed by atoms with van der Waals surface area (Å²) in [4.78, 5) is 37.8. The Balaban J connectivity index is 1.68. The van der Waals surface area contributed by atoms with E-state index >= 15 is 0 Å². The van der Waals surface area contributed by atoms with Crippen molar-refractivity contribution in [3.8, 4) is 11.1 Å². The molecule has 1 aliphatic carbocycles. The largest absolute Gasteiger partial charge is 0.481 e. The Kier molecular flexibility index (Phi) is 7.41. The molecule has 0 spiro atoms. The van der Waals surface area contributed by atoms with Gasteiger partial charge in [-0.25, -0.2) is 4.79 Å². The third-order valence-corrected chi connectivity index (χ3v) is 5.79. The number of fused-ring (bicyclic) bond motifs is 3. The summed E-state index contributed by atoms with van der Waals surface area (Å²) < 4.78 is 5.60. The number of carbonyl (C=O) groups excluding carboxylic acids is 2. The van der Waals surface area contributed by atoms with Crippen molar-refractivity contribution >= 4 is 18.0 Å². The van der Waals surface area contributed by atoms with Gasteiger partial charge in [0.05, 0.1) is 6.42 Å². The second kappa shape index (κ2) is 10.1. The molecule has 2 aromatic rings. The minimum absolute atomic E-state index is 0.0706. The minimum Gasteiger partial charge on any atom is -0.481 e. The van der Waals surface area contributed by atoms with Crippen LogP contribution in [0.25, 0.3) is 11.1 Å². The third kappa shape index (κ3) is 6.12. The summed E-state index contributed by atoms with van der Waals surface area (Å²) in [5.41, 5.74) is 4.28. The topological polar surface area (TPSA) is 95.9 Å². The summed E-state index contributed by atoms with van der Waals surface area (Å²) in [6.45, 7) is 6.16. The summed E-state index contributed by atoms with van der Waals surface area (Å²) in [7, 11) is 1.54. The molecule has 7 heteroatoms. The average molecular weight is 453 g/mol. The lowest BCUT2D eigenvalue weighted by Crippen LogP contribution is -2.49. The number of carboxylic acid groups (broad SMARTS) is 1. The van der Waals surface area contributed by atoms with E-state index in [0.717, 1.165) is 22.3 Å². The second-order valence-corrected chi connectivity index (χ2v) is 9.69. The molecule has 1 unspecified atom stereocenters. The van der Waals surface area contributed by atoms with E-state index in [4.69, 9.17) is 9.84 Å². The van der Waals surface area contributed by atoms with E-state index in [-0.39, 0.29) is 36.8 Å². The van der Waals surface area contributed by atoms with E-state index < -0.39 is 18.1 Å². The van der Waals surface area contributed by atoms with E-state index in [1.807, 2.05) is 57.2 Å². The lowest BCUT2D eigenvalue weighted by Gasteiger charge is -2.29. The Morgan fingerprint density at radius 2 is 1.58 bits per heavy atom. The van der Waals surface area contributed by atoms with Gasteiger partial charge >= 0.3 is 12.1 Å². The van der Waals surface area contributed by atoms with E-state index in [1.165, 1.54) is 4.90 Å². The highest BCUT2D eigenvalue weighted by molar-refractivity contribution is 5.86. The molecular weight excluding hydrogens is 420 g/mol. The highest BCUT2D eigenvalue weighted by atomic mass is 16.5. The van der Waals surface area contributed by atoms with Crippen LogP contribution in [0.15, 0.2) is 48.5 Å². The highest BCUT2D eigenvalue weighted by Crippen LogP contribution is 2.44. The third-order valence-electron chi connectivity index (χ3n) is 5.79. The first-order valence-corrected chi connectivity index (χ1v) is 11.1. The molecule has 0 saturated heterocycles. The molecule has 3 rings (SSSR count). The van der Waals surface area contributed by atoms with Crippen LogP contribution in [0.3, 0.4) is 0 Å². The second-order valence-electron chi connectivity index (χ2n) is 9.69. The van der Waals surface area contributed by atoms with E-state index in [0.29, 0.717) is 6.42 Å². The predicted molar refractivity (Wildman–Crippen MR) is 126 cm³/mol. The molecule has 176 valence electrons. The molecule has 0 aliphatic heterocycles. The minimum atomic E-state index is -0.980. The number of aliphatic carboxylic acids is 1. The molecule has 2 aromatic carbocycles. The van der Waals surface area contributed by atoms with E-state index in [1.54, 1.807) is 7.05 Å². The van der Waals surface area contributed by atoms with Crippen LogP contribution in [0.5, 0.6) is 0 Å². The lowest BCUT2D eigenvalue weighted by atomic mass is 9.87. The van der Waals surface area contributed by atoms with Crippen molar-refractivity contribution in [2.45, 2.75) is 45.6 Å². The summed E-state index contributed by atoms with van der Waals surface area (Å²) in [6, 6.07) is 15.4. The lowest BCUT2D eigenvalue weighted by molar-refractivity contribution is -0.138. The van der Waals surface area contributed by atoms with Crippen molar-refractivity contribution in [3.63, 3.8) is 0 Å². The van der Waals surface area contributed by atoms with Crippen molar-refractivity contribution in [2.75, 3.05) is 20.2 Å². The molecule has 0 saturated carbocycles. The Hall–Kier alpha value is -3.35. The number of carboxylic acids is 1. The number of likely N-dealkylation sites (N-methyl/N-ethyl adjacent to an activating group) is 1. The highest BCUT2D eigenvalue weighted by Gasteiger charge is 2.32. The van der Waals surface area contributed by atoms with Crippen molar-refractivity contribution < 1.29 is 24.2 Å². The summed E-state index contributed by atoms with van der Waals surface area (Å²) in [5, 5.41) is 11.6. The Bertz CT molecular complexity index is 982. The van der Waals surface area contributed by atoms with Crippen LogP contribution < -0.4 is 5.32 Å². The molecule has 2 N–H and O–H groups in total. The van der Waals surface area contributed by atoms with E-state index in [2.05, 4.69) is 17.4 Å². The maximum absolute atomic E-state index is 12.9. The van der Waals surface area contributed by atoms with Crippen LogP contribution in [0, 0.1) is 5.41 Å². The van der Waals surface area contributed by atoms with Crippen LogP contribution in [0.1, 0.15) is 50.7 Å². The number of benzene rings is 2. The summed E-state index contributed by atoms with van der Waals surface area (Å²) >= 11 is 0. The fraction of sp³-hybridized carbons (Fsp3) is 0.423. The fourth-order valence-corrected chi connectivity index (χ4v) is 4.23. The standard InChI is InChI=1S/C26H32N2O5/c1-26(2,3)15-22(24(31)28(4)14-13-23(29)30)27-25(32)33-16-21-19-11-7-5-9-17(19)18-10-6-8-12-20(18)21/h5-12,21-22H,13-16H2,1-4H3,(H,27,32)(H,29,30).